The number of rotatable bonds is 4. The first-order chi connectivity index (χ1) is 6.90. The van der Waals surface area contributed by atoms with Crippen LogP contribution in [0.4, 0.5) is 13.2 Å². The number of nitrogens with zero attached hydrogens (tertiary/aromatic N) is 1. The van der Waals surface area contributed by atoms with Gasteiger partial charge >= 0.3 is 6.18 Å². The standard InChI is InChI=1S/C9H14F3N3/c1-6-8(7(2)15-14-6)5-13-4-3-9(10,11)12/h13H,3-5H2,1-2H3,(H,14,15). The summed E-state index contributed by atoms with van der Waals surface area (Å²) in [5.41, 5.74) is 2.66. The van der Waals surface area contributed by atoms with Crippen molar-refractivity contribution in [2.45, 2.75) is 33.0 Å². The number of aromatic nitrogens is 2. The van der Waals surface area contributed by atoms with Crippen molar-refractivity contribution in [1.29, 1.82) is 0 Å². The van der Waals surface area contributed by atoms with Crippen molar-refractivity contribution in [2.75, 3.05) is 6.54 Å². The van der Waals surface area contributed by atoms with Gasteiger partial charge in [0, 0.05) is 24.3 Å². The predicted molar refractivity (Wildman–Crippen MR) is 50.4 cm³/mol. The smallest absolute Gasteiger partial charge is 0.312 e. The molecule has 0 atom stereocenters. The molecule has 0 radical (unpaired) electrons. The Morgan fingerprint density at radius 2 is 2.00 bits per heavy atom. The number of hydrogen-bond donors (Lipinski definition) is 2. The molecule has 0 fully saturated rings. The summed E-state index contributed by atoms with van der Waals surface area (Å²) in [4.78, 5) is 0. The first-order valence-corrected chi connectivity index (χ1v) is 4.68. The van der Waals surface area contributed by atoms with Crippen LogP contribution in [0.1, 0.15) is 23.4 Å². The lowest BCUT2D eigenvalue weighted by molar-refractivity contribution is -0.133. The fourth-order valence-electron chi connectivity index (χ4n) is 1.28. The Kier molecular flexibility index (Phi) is 3.73. The summed E-state index contributed by atoms with van der Waals surface area (Å²) in [5, 5.41) is 9.48. The van der Waals surface area contributed by atoms with E-state index in [1.807, 2.05) is 13.8 Å². The molecule has 3 nitrogen and oxygen atoms in total. The highest BCUT2D eigenvalue weighted by Gasteiger charge is 2.25. The van der Waals surface area contributed by atoms with Gasteiger partial charge in [0.2, 0.25) is 0 Å². The predicted octanol–water partition coefficient (Wildman–Crippen LogP) is 2.07. The third kappa shape index (κ3) is 3.91. The number of alkyl halides is 3. The molecule has 6 heteroatoms. The molecule has 0 aliphatic carbocycles. The molecule has 1 aromatic rings. The van der Waals surface area contributed by atoms with Crippen molar-refractivity contribution in [1.82, 2.24) is 15.5 Å². The molecule has 1 aromatic heterocycles. The van der Waals surface area contributed by atoms with Crippen LogP contribution in [-0.2, 0) is 6.54 Å². The van der Waals surface area contributed by atoms with E-state index in [-0.39, 0.29) is 6.54 Å². The van der Waals surface area contributed by atoms with Gasteiger partial charge in [-0.25, -0.2) is 0 Å². The minimum atomic E-state index is -4.09. The summed E-state index contributed by atoms with van der Waals surface area (Å²) in [6.45, 7) is 4.03. The topological polar surface area (TPSA) is 40.7 Å². The molecule has 0 aliphatic rings. The van der Waals surface area contributed by atoms with Crippen LogP contribution in [0, 0.1) is 13.8 Å². The Bertz CT molecular complexity index is 297. The normalized spacial score (nSPS) is 12.1. The molecular weight excluding hydrogens is 207 g/mol. The van der Waals surface area contributed by atoms with Crippen molar-refractivity contribution in [3.05, 3.63) is 17.0 Å². The quantitative estimate of drug-likeness (QED) is 0.764. The maximum atomic E-state index is 11.8. The maximum Gasteiger partial charge on any atom is 0.390 e. The summed E-state index contributed by atoms with van der Waals surface area (Å²) in [7, 11) is 0. The van der Waals surface area contributed by atoms with E-state index in [0.29, 0.717) is 6.54 Å². The fourth-order valence-corrected chi connectivity index (χ4v) is 1.28. The van der Waals surface area contributed by atoms with Crippen molar-refractivity contribution >= 4 is 0 Å². The lowest BCUT2D eigenvalue weighted by Gasteiger charge is -2.07. The zero-order valence-corrected chi connectivity index (χ0v) is 8.70. The fraction of sp³-hybridized carbons (Fsp3) is 0.667. The lowest BCUT2D eigenvalue weighted by Crippen LogP contribution is -2.21. The Labute approximate surface area is 86.1 Å². The highest BCUT2D eigenvalue weighted by Crippen LogP contribution is 2.18. The van der Waals surface area contributed by atoms with E-state index in [2.05, 4.69) is 15.5 Å². The van der Waals surface area contributed by atoms with Crippen LogP contribution in [0.2, 0.25) is 0 Å². The van der Waals surface area contributed by atoms with E-state index in [1.54, 1.807) is 0 Å². The molecule has 0 unspecified atom stereocenters. The van der Waals surface area contributed by atoms with Gasteiger partial charge in [0.05, 0.1) is 12.1 Å². The van der Waals surface area contributed by atoms with Gasteiger partial charge in [0.15, 0.2) is 0 Å². The van der Waals surface area contributed by atoms with Crippen molar-refractivity contribution in [3.8, 4) is 0 Å². The number of aryl methyl sites for hydroxylation is 2. The second kappa shape index (κ2) is 4.65. The van der Waals surface area contributed by atoms with Crippen LogP contribution >= 0.6 is 0 Å². The van der Waals surface area contributed by atoms with E-state index in [9.17, 15) is 13.2 Å². The molecule has 15 heavy (non-hydrogen) atoms. The van der Waals surface area contributed by atoms with Gasteiger partial charge in [-0.05, 0) is 13.8 Å². The van der Waals surface area contributed by atoms with E-state index < -0.39 is 12.6 Å². The number of aromatic amines is 1. The average molecular weight is 221 g/mol. The number of hydrogen-bond acceptors (Lipinski definition) is 2. The van der Waals surface area contributed by atoms with Gasteiger partial charge in [-0.1, -0.05) is 0 Å². The molecule has 0 amide bonds. The van der Waals surface area contributed by atoms with Gasteiger partial charge in [-0.15, -0.1) is 0 Å². The monoisotopic (exact) mass is 221 g/mol. The van der Waals surface area contributed by atoms with Gasteiger partial charge in [0.25, 0.3) is 0 Å². The van der Waals surface area contributed by atoms with Gasteiger partial charge < -0.3 is 5.32 Å². The van der Waals surface area contributed by atoms with Crippen molar-refractivity contribution in [3.63, 3.8) is 0 Å². The minimum absolute atomic E-state index is 0.0619. The Balaban J connectivity index is 2.32. The zero-order valence-electron chi connectivity index (χ0n) is 8.70. The van der Waals surface area contributed by atoms with Crippen molar-refractivity contribution < 1.29 is 13.2 Å². The molecule has 86 valence electrons. The van der Waals surface area contributed by atoms with Crippen LogP contribution in [0.25, 0.3) is 0 Å². The Hall–Kier alpha value is -1.04. The van der Waals surface area contributed by atoms with Gasteiger partial charge in [-0.2, -0.15) is 18.3 Å². The van der Waals surface area contributed by atoms with Crippen LogP contribution in [-0.4, -0.2) is 22.9 Å². The zero-order chi connectivity index (χ0) is 11.5. The third-order valence-electron chi connectivity index (χ3n) is 2.17. The molecule has 1 rings (SSSR count). The van der Waals surface area contributed by atoms with Crippen molar-refractivity contribution in [2.24, 2.45) is 0 Å². The molecule has 0 saturated heterocycles. The molecule has 2 N–H and O–H groups in total. The molecule has 1 heterocycles. The molecule has 0 bridgehead atoms. The van der Waals surface area contributed by atoms with Crippen LogP contribution in [0.3, 0.4) is 0 Å². The first kappa shape index (κ1) is 12.0. The number of halogens is 3. The van der Waals surface area contributed by atoms with E-state index in [1.165, 1.54) is 0 Å². The summed E-state index contributed by atoms with van der Waals surface area (Å²) in [6, 6.07) is 0. The van der Waals surface area contributed by atoms with Crippen LogP contribution < -0.4 is 5.32 Å². The Morgan fingerprint density at radius 1 is 1.33 bits per heavy atom. The Morgan fingerprint density at radius 3 is 2.47 bits per heavy atom. The van der Waals surface area contributed by atoms with Gasteiger partial charge in [-0.3, -0.25) is 5.10 Å². The molecule has 0 aromatic carbocycles. The second-order valence-electron chi connectivity index (χ2n) is 3.45. The number of H-pyrrole nitrogens is 1. The van der Waals surface area contributed by atoms with Gasteiger partial charge in [0.1, 0.15) is 0 Å². The van der Waals surface area contributed by atoms with E-state index in [0.717, 1.165) is 17.0 Å². The summed E-state index contributed by atoms with van der Waals surface area (Å²) in [6.07, 6.45) is -4.89. The van der Waals surface area contributed by atoms with E-state index in [4.69, 9.17) is 0 Å². The highest BCUT2D eigenvalue weighted by molar-refractivity contribution is 5.22. The minimum Gasteiger partial charge on any atom is -0.312 e. The average Bonchev–Trinajstić information content (AvgIpc) is 2.40. The third-order valence-corrected chi connectivity index (χ3v) is 2.17. The number of nitrogens with one attached hydrogen (secondary N) is 2. The molecule has 0 spiro atoms. The summed E-state index contributed by atoms with van der Waals surface area (Å²) >= 11 is 0. The highest BCUT2D eigenvalue weighted by atomic mass is 19.4. The van der Waals surface area contributed by atoms with Crippen LogP contribution in [0.5, 0.6) is 0 Å². The maximum absolute atomic E-state index is 11.8. The van der Waals surface area contributed by atoms with E-state index >= 15 is 0 Å². The lowest BCUT2D eigenvalue weighted by atomic mass is 10.2. The molecule has 0 saturated carbocycles. The largest absolute Gasteiger partial charge is 0.390 e. The molecular formula is C9H14F3N3. The van der Waals surface area contributed by atoms with Crippen LogP contribution in [0.15, 0.2) is 0 Å². The molecule has 0 aliphatic heterocycles. The SMILES string of the molecule is Cc1n[nH]c(C)c1CNCCC(F)(F)F. The first-order valence-electron chi connectivity index (χ1n) is 4.68. The summed E-state index contributed by atoms with van der Waals surface area (Å²) in [5.74, 6) is 0. The second-order valence-corrected chi connectivity index (χ2v) is 3.45. The summed E-state index contributed by atoms with van der Waals surface area (Å²) < 4.78 is 35.5.